The number of hydrogen-bond acceptors (Lipinski definition) is 1. The maximum absolute atomic E-state index is 4.23. The fraction of sp³-hybridized carbons (Fsp3) is 0.889. The summed E-state index contributed by atoms with van der Waals surface area (Å²) in [5.41, 5.74) is 0. The molecule has 114 valence electrons. The van der Waals surface area contributed by atoms with Crippen molar-refractivity contribution >= 4 is 12.6 Å². The summed E-state index contributed by atoms with van der Waals surface area (Å²) >= 11 is 4.23. The highest BCUT2D eigenvalue weighted by atomic mass is 32.1. The van der Waals surface area contributed by atoms with Crippen molar-refractivity contribution in [3.8, 4) is 0 Å². The smallest absolute Gasteiger partial charge is 0.00979 e. The van der Waals surface area contributed by atoms with Crippen molar-refractivity contribution in [2.75, 3.05) is 5.75 Å². The molecule has 0 saturated carbocycles. The van der Waals surface area contributed by atoms with Gasteiger partial charge in [-0.3, -0.25) is 0 Å². The van der Waals surface area contributed by atoms with E-state index in [2.05, 4.69) is 31.7 Å². The Morgan fingerprint density at radius 1 is 0.579 bits per heavy atom. The number of unbranched alkanes of at least 4 members (excludes halogenated alkanes) is 12. The van der Waals surface area contributed by atoms with Gasteiger partial charge in [0, 0.05) is 0 Å². The molecule has 0 amide bonds. The number of hydrogen-bond donors (Lipinski definition) is 1. The average Bonchev–Trinajstić information content (AvgIpc) is 2.43. The summed E-state index contributed by atoms with van der Waals surface area (Å²) in [4.78, 5) is 0. The molecule has 19 heavy (non-hydrogen) atoms. The second kappa shape index (κ2) is 18.1. The minimum absolute atomic E-state index is 1.06. The van der Waals surface area contributed by atoms with Gasteiger partial charge in [0.15, 0.2) is 0 Å². The minimum atomic E-state index is 1.06. The molecule has 0 aliphatic rings. The van der Waals surface area contributed by atoms with Crippen molar-refractivity contribution in [2.45, 2.75) is 96.8 Å². The van der Waals surface area contributed by atoms with E-state index in [1.165, 1.54) is 89.9 Å². The Kier molecular flexibility index (Phi) is 18.2. The van der Waals surface area contributed by atoms with Gasteiger partial charge in [0.05, 0.1) is 0 Å². The molecule has 1 heteroatoms. The predicted octanol–water partition coefficient (Wildman–Crippen LogP) is 6.95. The Morgan fingerprint density at radius 2 is 1.00 bits per heavy atom. The third-order valence-electron chi connectivity index (χ3n) is 3.67. The van der Waals surface area contributed by atoms with Crippen LogP contribution in [0.4, 0.5) is 0 Å². The molecule has 0 aliphatic heterocycles. The molecule has 0 rings (SSSR count). The van der Waals surface area contributed by atoms with Crippen LogP contribution in [0.2, 0.25) is 0 Å². The zero-order chi connectivity index (χ0) is 14.0. The van der Waals surface area contributed by atoms with Crippen molar-refractivity contribution in [2.24, 2.45) is 0 Å². The van der Waals surface area contributed by atoms with E-state index in [-0.39, 0.29) is 0 Å². The van der Waals surface area contributed by atoms with Crippen molar-refractivity contribution in [3.05, 3.63) is 12.2 Å². The molecule has 0 aromatic heterocycles. The second-order valence-electron chi connectivity index (χ2n) is 5.66. The van der Waals surface area contributed by atoms with E-state index in [0.717, 1.165) is 5.75 Å². The first-order valence-electron chi connectivity index (χ1n) is 8.67. The third kappa shape index (κ3) is 18.1. The molecule has 0 bridgehead atoms. The van der Waals surface area contributed by atoms with Crippen LogP contribution in [0.25, 0.3) is 0 Å². The van der Waals surface area contributed by atoms with E-state index in [1.807, 2.05) is 0 Å². The molecule has 0 fully saturated rings. The largest absolute Gasteiger partial charge is 0.179 e. The summed E-state index contributed by atoms with van der Waals surface area (Å²) in [6, 6.07) is 0. The van der Waals surface area contributed by atoms with E-state index in [9.17, 15) is 0 Å². The van der Waals surface area contributed by atoms with E-state index in [1.54, 1.807) is 0 Å². The van der Waals surface area contributed by atoms with Crippen LogP contribution in [-0.2, 0) is 0 Å². The molecule has 0 nitrogen and oxygen atoms in total. The van der Waals surface area contributed by atoms with Crippen molar-refractivity contribution in [1.82, 2.24) is 0 Å². The lowest BCUT2D eigenvalue weighted by molar-refractivity contribution is 0.607. The maximum atomic E-state index is 4.23. The molecule has 0 aromatic carbocycles. The summed E-state index contributed by atoms with van der Waals surface area (Å²) in [6.45, 7) is 2.28. The first kappa shape index (κ1) is 19.1. The number of allylic oxidation sites excluding steroid dienone is 2. The lowest BCUT2D eigenvalue weighted by Gasteiger charge is -1.99. The summed E-state index contributed by atoms with van der Waals surface area (Å²) < 4.78 is 0. The Labute approximate surface area is 127 Å². The quantitative estimate of drug-likeness (QED) is 0.188. The highest BCUT2D eigenvalue weighted by molar-refractivity contribution is 7.80. The molecular weight excluding hydrogens is 248 g/mol. The summed E-state index contributed by atoms with van der Waals surface area (Å²) in [5.74, 6) is 1.06. The van der Waals surface area contributed by atoms with Crippen molar-refractivity contribution in [1.29, 1.82) is 0 Å². The molecule has 0 unspecified atom stereocenters. The van der Waals surface area contributed by atoms with Gasteiger partial charge in [-0.1, -0.05) is 76.9 Å². The highest BCUT2D eigenvalue weighted by Crippen LogP contribution is 2.09. The number of rotatable bonds is 15. The van der Waals surface area contributed by atoms with Gasteiger partial charge in [0.2, 0.25) is 0 Å². The van der Waals surface area contributed by atoms with Crippen LogP contribution in [0.15, 0.2) is 12.2 Å². The molecule has 0 heterocycles. The first-order chi connectivity index (χ1) is 9.41. The summed E-state index contributed by atoms with van der Waals surface area (Å²) in [7, 11) is 0. The van der Waals surface area contributed by atoms with Crippen molar-refractivity contribution < 1.29 is 0 Å². The number of thiol groups is 1. The molecular formula is C18H36S. The first-order valence-corrected chi connectivity index (χ1v) is 9.31. The maximum Gasteiger partial charge on any atom is -0.00979 e. The molecule has 0 aliphatic carbocycles. The monoisotopic (exact) mass is 284 g/mol. The van der Waals surface area contributed by atoms with Gasteiger partial charge in [0.1, 0.15) is 0 Å². The SMILES string of the molecule is CCCCCCCC/C=C\CCCCCCCCS. The molecule has 0 aromatic rings. The van der Waals surface area contributed by atoms with E-state index in [0.29, 0.717) is 0 Å². The topological polar surface area (TPSA) is 0 Å². The average molecular weight is 285 g/mol. The summed E-state index contributed by atoms with van der Waals surface area (Å²) in [5, 5.41) is 0. The molecule has 0 N–H and O–H groups in total. The molecule has 0 spiro atoms. The predicted molar refractivity (Wildman–Crippen MR) is 93.3 cm³/mol. The zero-order valence-corrected chi connectivity index (χ0v) is 14.1. The van der Waals surface area contributed by atoms with Gasteiger partial charge in [-0.2, -0.15) is 12.6 Å². The lowest BCUT2D eigenvalue weighted by atomic mass is 10.1. The van der Waals surface area contributed by atoms with Crippen LogP contribution < -0.4 is 0 Å². The lowest BCUT2D eigenvalue weighted by Crippen LogP contribution is -1.80. The molecule has 0 saturated heterocycles. The van der Waals surface area contributed by atoms with E-state index >= 15 is 0 Å². The van der Waals surface area contributed by atoms with E-state index in [4.69, 9.17) is 0 Å². The van der Waals surface area contributed by atoms with Gasteiger partial charge in [-0.15, -0.1) is 0 Å². The molecule has 0 atom stereocenters. The summed E-state index contributed by atoms with van der Waals surface area (Å²) in [6.07, 6.45) is 24.2. The Morgan fingerprint density at radius 3 is 1.47 bits per heavy atom. The van der Waals surface area contributed by atoms with Gasteiger partial charge in [0.25, 0.3) is 0 Å². The standard InChI is InChI=1S/C18H36S/c1-2-3-4-5-6-7-8-9-10-11-12-13-14-15-16-17-18-19/h9-10,19H,2-8,11-18H2,1H3/b10-9-. The van der Waals surface area contributed by atoms with Crippen LogP contribution >= 0.6 is 12.6 Å². The Hall–Kier alpha value is 0.0900. The van der Waals surface area contributed by atoms with Crippen LogP contribution in [0, 0.1) is 0 Å². The Balaban J connectivity index is 3.01. The Bertz CT molecular complexity index is 175. The molecule has 0 radical (unpaired) electrons. The highest BCUT2D eigenvalue weighted by Gasteiger charge is 1.90. The van der Waals surface area contributed by atoms with Crippen LogP contribution in [0.5, 0.6) is 0 Å². The van der Waals surface area contributed by atoms with Crippen LogP contribution in [-0.4, -0.2) is 5.75 Å². The fourth-order valence-corrected chi connectivity index (χ4v) is 2.58. The minimum Gasteiger partial charge on any atom is -0.179 e. The van der Waals surface area contributed by atoms with Crippen LogP contribution in [0.1, 0.15) is 96.8 Å². The third-order valence-corrected chi connectivity index (χ3v) is 3.99. The van der Waals surface area contributed by atoms with Gasteiger partial charge >= 0.3 is 0 Å². The fourth-order valence-electron chi connectivity index (χ4n) is 2.36. The zero-order valence-electron chi connectivity index (χ0n) is 13.2. The van der Waals surface area contributed by atoms with Gasteiger partial charge in [-0.25, -0.2) is 0 Å². The normalized spacial score (nSPS) is 11.5. The van der Waals surface area contributed by atoms with Crippen molar-refractivity contribution in [3.63, 3.8) is 0 Å². The van der Waals surface area contributed by atoms with Crippen LogP contribution in [0.3, 0.4) is 0 Å². The second-order valence-corrected chi connectivity index (χ2v) is 6.11. The van der Waals surface area contributed by atoms with Gasteiger partial charge in [-0.05, 0) is 37.9 Å². The van der Waals surface area contributed by atoms with Gasteiger partial charge < -0.3 is 0 Å². The van der Waals surface area contributed by atoms with E-state index < -0.39 is 0 Å².